The van der Waals surface area contributed by atoms with Crippen LogP contribution in [0.5, 0.6) is 0 Å². The molecule has 0 bridgehead atoms. The van der Waals surface area contributed by atoms with Gasteiger partial charge in [-0.15, -0.1) is 4.52 Å². The van der Waals surface area contributed by atoms with Crippen LogP contribution >= 0.6 is 8.17 Å². The van der Waals surface area contributed by atoms with Crippen LogP contribution in [0.3, 0.4) is 0 Å². The first-order chi connectivity index (χ1) is 6.09. The molecule has 3 unspecified atom stereocenters. The van der Waals surface area contributed by atoms with E-state index in [1.165, 1.54) is 7.11 Å². The average Bonchev–Trinajstić information content (AvgIpc) is 2.48. The van der Waals surface area contributed by atoms with E-state index in [1.54, 1.807) is 0 Å². The van der Waals surface area contributed by atoms with Gasteiger partial charge >= 0.3 is 8.17 Å². The molecule has 3 atom stereocenters. The fraction of sp³-hybridized carbons (Fsp3) is 1.00. The SMILES string of the molecule is CCS(=O)CC1CO[P+](O)(OC)O1. The van der Waals surface area contributed by atoms with Crippen molar-refractivity contribution in [3.05, 3.63) is 0 Å². The van der Waals surface area contributed by atoms with Gasteiger partial charge in [-0.2, -0.15) is 13.9 Å². The Morgan fingerprint density at radius 3 is 2.92 bits per heavy atom. The van der Waals surface area contributed by atoms with Gasteiger partial charge in [0.05, 0.1) is 12.9 Å². The van der Waals surface area contributed by atoms with Crippen molar-refractivity contribution in [1.82, 2.24) is 0 Å². The molecular formula is C6H14O5PS+. The standard InChI is InChI=1S/C6H14O5PS/c1-3-13(8)5-6-4-10-12(7,9-2)11-6/h6-7H,3-5H2,1-2H3/q+1. The van der Waals surface area contributed by atoms with Crippen LogP contribution in [0.25, 0.3) is 0 Å². The highest BCUT2D eigenvalue weighted by Gasteiger charge is 2.53. The smallest absolute Gasteiger partial charge is 0.259 e. The predicted molar refractivity (Wildman–Crippen MR) is 50.5 cm³/mol. The van der Waals surface area contributed by atoms with Gasteiger partial charge in [-0.25, -0.2) is 0 Å². The van der Waals surface area contributed by atoms with Gasteiger partial charge in [0.25, 0.3) is 0 Å². The van der Waals surface area contributed by atoms with Crippen LogP contribution in [0.4, 0.5) is 0 Å². The molecule has 0 aromatic rings. The van der Waals surface area contributed by atoms with Crippen molar-refractivity contribution in [2.45, 2.75) is 13.0 Å². The monoisotopic (exact) mass is 229 g/mol. The minimum Gasteiger partial charge on any atom is -0.259 e. The largest absolute Gasteiger partial charge is 0.572 e. The Morgan fingerprint density at radius 2 is 2.46 bits per heavy atom. The normalized spacial score (nSPS) is 36.4. The summed E-state index contributed by atoms with van der Waals surface area (Å²) in [5, 5.41) is 0. The minimum absolute atomic E-state index is 0.254. The molecule has 1 aliphatic rings. The molecule has 1 rings (SSSR count). The Balaban J connectivity index is 2.37. The molecule has 78 valence electrons. The summed E-state index contributed by atoms with van der Waals surface area (Å²) in [6, 6.07) is 0. The Morgan fingerprint density at radius 1 is 1.77 bits per heavy atom. The summed E-state index contributed by atoms with van der Waals surface area (Å²) in [5.74, 6) is 0.978. The molecule has 13 heavy (non-hydrogen) atoms. The molecule has 0 aliphatic carbocycles. The van der Waals surface area contributed by atoms with E-state index in [2.05, 4.69) is 4.52 Å². The molecule has 1 fully saturated rings. The fourth-order valence-electron chi connectivity index (χ4n) is 0.926. The summed E-state index contributed by atoms with van der Waals surface area (Å²) in [7, 11) is -2.64. The zero-order valence-corrected chi connectivity index (χ0v) is 9.35. The molecule has 5 nitrogen and oxygen atoms in total. The van der Waals surface area contributed by atoms with E-state index in [1.807, 2.05) is 6.92 Å². The summed E-state index contributed by atoms with van der Waals surface area (Å²) >= 11 is 0. The zero-order chi connectivity index (χ0) is 9.90. The van der Waals surface area contributed by atoms with Crippen LogP contribution in [0.1, 0.15) is 6.92 Å². The molecular weight excluding hydrogens is 215 g/mol. The maximum Gasteiger partial charge on any atom is 0.572 e. The summed E-state index contributed by atoms with van der Waals surface area (Å²) < 4.78 is 25.8. The maximum atomic E-state index is 11.1. The van der Waals surface area contributed by atoms with E-state index in [0.717, 1.165) is 0 Å². The van der Waals surface area contributed by atoms with Gasteiger partial charge in [0.1, 0.15) is 6.61 Å². The molecule has 1 N–H and O–H groups in total. The molecule has 7 heteroatoms. The summed E-state index contributed by atoms with van der Waals surface area (Å²) in [6.07, 6.45) is -0.306. The fourth-order valence-corrected chi connectivity index (χ4v) is 2.96. The Labute approximate surface area is 80.5 Å². The van der Waals surface area contributed by atoms with Gasteiger partial charge < -0.3 is 0 Å². The number of rotatable bonds is 4. The molecule has 1 heterocycles. The molecule has 0 aromatic carbocycles. The van der Waals surface area contributed by atoms with Crippen molar-refractivity contribution in [1.29, 1.82) is 0 Å². The average molecular weight is 229 g/mol. The summed E-state index contributed by atoms with van der Waals surface area (Å²) in [6.45, 7) is 2.09. The van der Waals surface area contributed by atoms with E-state index < -0.39 is 19.0 Å². The lowest BCUT2D eigenvalue weighted by Crippen LogP contribution is -2.19. The van der Waals surface area contributed by atoms with Gasteiger partial charge in [-0.3, -0.25) is 4.21 Å². The Kier molecular flexibility index (Phi) is 4.22. The van der Waals surface area contributed by atoms with Crippen LogP contribution in [-0.4, -0.2) is 40.4 Å². The van der Waals surface area contributed by atoms with Crippen LogP contribution in [0.15, 0.2) is 0 Å². The van der Waals surface area contributed by atoms with Gasteiger partial charge in [0.2, 0.25) is 0 Å². The van der Waals surface area contributed by atoms with Gasteiger partial charge in [0, 0.05) is 16.6 Å². The highest BCUT2D eigenvalue weighted by Crippen LogP contribution is 2.62. The minimum atomic E-state index is -3.06. The van der Waals surface area contributed by atoms with Crippen LogP contribution < -0.4 is 0 Å². The van der Waals surface area contributed by atoms with Crippen LogP contribution in [0.2, 0.25) is 0 Å². The molecule has 0 saturated carbocycles. The third-order valence-corrected chi connectivity index (χ3v) is 4.52. The first-order valence-corrected chi connectivity index (χ1v) is 6.93. The summed E-state index contributed by atoms with van der Waals surface area (Å²) in [4.78, 5) is 9.40. The van der Waals surface area contributed by atoms with E-state index in [9.17, 15) is 9.10 Å². The predicted octanol–water partition coefficient (Wildman–Crippen LogP) is 0.487. The molecule has 0 radical (unpaired) electrons. The second-order valence-corrected chi connectivity index (χ2v) is 6.13. The Hall–Kier alpha value is 0.420. The third kappa shape index (κ3) is 3.23. The second-order valence-electron chi connectivity index (χ2n) is 2.57. The van der Waals surface area contributed by atoms with Crippen LogP contribution in [0, 0.1) is 0 Å². The van der Waals surface area contributed by atoms with E-state index in [4.69, 9.17) is 9.05 Å². The lowest BCUT2D eigenvalue weighted by molar-refractivity contribution is 0.172. The number of hydrogen-bond acceptors (Lipinski definition) is 5. The third-order valence-electron chi connectivity index (χ3n) is 1.63. The molecule has 0 amide bonds. The lowest BCUT2D eigenvalue weighted by Gasteiger charge is -2.05. The zero-order valence-electron chi connectivity index (χ0n) is 7.63. The Bertz CT molecular complexity index is 201. The topological polar surface area (TPSA) is 65.0 Å². The molecule has 1 saturated heterocycles. The van der Waals surface area contributed by atoms with Crippen molar-refractivity contribution in [2.24, 2.45) is 0 Å². The lowest BCUT2D eigenvalue weighted by atomic mass is 10.4. The van der Waals surface area contributed by atoms with Crippen molar-refractivity contribution >= 4 is 19.0 Å². The molecule has 0 aromatic heterocycles. The van der Waals surface area contributed by atoms with Crippen molar-refractivity contribution in [2.75, 3.05) is 25.2 Å². The van der Waals surface area contributed by atoms with E-state index in [-0.39, 0.29) is 12.7 Å². The highest BCUT2D eigenvalue weighted by molar-refractivity contribution is 7.85. The number of hydrogen-bond donors (Lipinski definition) is 1. The van der Waals surface area contributed by atoms with Crippen molar-refractivity contribution < 1.29 is 22.7 Å². The first-order valence-electron chi connectivity index (χ1n) is 3.95. The van der Waals surface area contributed by atoms with Gasteiger partial charge in [-0.1, -0.05) is 6.92 Å². The highest BCUT2D eigenvalue weighted by atomic mass is 32.2. The van der Waals surface area contributed by atoms with Crippen molar-refractivity contribution in [3.8, 4) is 0 Å². The first kappa shape index (κ1) is 11.5. The quantitative estimate of drug-likeness (QED) is 0.710. The van der Waals surface area contributed by atoms with E-state index >= 15 is 0 Å². The molecule has 1 aliphatic heterocycles. The van der Waals surface area contributed by atoms with Gasteiger partial charge in [0.15, 0.2) is 6.10 Å². The van der Waals surface area contributed by atoms with Crippen molar-refractivity contribution in [3.63, 3.8) is 0 Å². The maximum absolute atomic E-state index is 11.1. The second kappa shape index (κ2) is 4.77. The summed E-state index contributed by atoms with van der Waals surface area (Å²) in [5.41, 5.74) is 0. The van der Waals surface area contributed by atoms with E-state index in [0.29, 0.717) is 11.5 Å². The van der Waals surface area contributed by atoms with Gasteiger partial charge in [-0.05, 0) is 0 Å². The van der Waals surface area contributed by atoms with Crippen LogP contribution in [-0.2, 0) is 24.4 Å². The molecule has 0 spiro atoms.